The summed E-state index contributed by atoms with van der Waals surface area (Å²) in [6.45, 7) is 14.9. The number of benzene rings is 1. The van der Waals surface area contributed by atoms with Crippen molar-refractivity contribution in [1.29, 1.82) is 0 Å². The molecule has 1 aromatic carbocycles. The van der Waals surface area contributed by atoms with Gasteiger partial charge < -0.3 is 14.5 Å². The summed E-state index contributed by atoms with van der Waals surface area (Å²) in [4.78, 5) is 15.0. The number of anilines is 1. The Kier molecular flexibility index (Phi) is 9.54. The van der Waals surface area contributed by atoms with E-state index < -0.39 is 0 Å². The highest BCUT2D eigenvalue weighted by atomic mass is 16.5. The van der Waals surface area contributed by atoms with Crippen LogP contribution in [0.3, 0.4) is 0 Å². The molecule has 0 radical (unpaired) electrons. The molecule has 2 aromatic rings. The van der Waals surface area contributed by atoms with Crippen LogP contribution in [-0.4, -0.2) is 54.2 Å². The molecular weight excluding hydrogens is 408 g/mol. The van der Waals surface area contributed by atoms with Crippen LogP contribution in [0.25, 0.3) is 11.4 Å². The molecule has 1 atom stereocenters. The van der Waals surface area contributed by atoms with Crippen molar-refractivity contribution in [2.24, 2.45) is 0 Å². The zero-order chi connectivity index (χ0) is 23.8. The SMILES string of the molecule is CCCN(CCC)c1c(C)nc(-c2c(CC)cccc2CC)nc1OCCC1CCCN1C. The van der Waals surface area contributed by atoms with E-state index >= 15 is 0 Å². The van der Waals surface area contributed by atoms with Gasteiger partial charge in [0.15, 0.2) is 5.82 Å². The number of rotatable bonds is 12. The van der Waals surface area contributed by atoms with E-state index in [1.54, 1.807) is 0 Å². The maximum absolute atomic E-state index is 6.49. The molecular formula is C28H44N4O. The van der Waals surface area contributed by atoms with Gasteiger partial charge in [0.2, 0.25) is 5.88 Å². The van der Waals surface area contributed by atoms with E-state index in [4.69, 9.17) is 14.7 Å². The van der Waals surface area contributed by atoms with Crippen LogP contribution < -0.4 is 9.64 Å². The van der Waals surface area contributed by atoms with Crippen molar-refractivity contribution in [2.45, 2.75) is 85.6 Å². The highest BCUT2D eigenvalue weighted by Crippen LogP contribution is 2.35. The molecule has 1 unspecified atom stereocenters. The van der Waals surface area contributed by atoms with Gasteiger partial charge in [-0.1, -0.05) is 45.9 Å². The molecule has 1 aliphatic heterocycles. The van der Waals surface area contributed by atoms with Crippen LogP contribution in [0, 0.1) is 6.92 Å². The monoisotopic (exact) mass is 452 g/mol. The Hall–Kier alpha value is -2.14. The fraction of sp³-hybridized carbons (Fsp3) is 0.643. The van der Waals surface area contributed by atoms with Crippen LogP contribution in [0.4, 0.5) is 5.69 Å². The average molecular weight is 453 g/mol. The average Bonchev–Trinajstić information content (AvgIpc) is 3.22. The lowest BCUT2D eigenvalue weighted by Crippen LogP contribution is -2.28. The van der Waals surface area contributed by atoms with Crippen molar-refractivity contribution in [3.05, 3.63) is 35.0 Å². The van der Waals surface area contributed by atoms with Crippen molar-refractivity contribution < 1.29 is 4.74 Å². The van der Waals surface area contributed by atoms with Crippen molar-refractivity contribution >= 4 is 5.69 Å². The standard InChI is InChI=1S/C28H44N4O/c1-7-17-32(18-8-2)26-21(5)29-27(25-22(9-3)13-11-14-23(25)10-4)30-28(26)33-20-16-24-15-12-19-31(24)6/h11,13-14,24H,7-10,12,15-20H2,1-6H3. The Morgan fingerprint density at radius 3 is 2.24 bits per heavy atom. The quantitative estimate of drug-likeness (QED) is 0.391. The molecule has 0 aliphatic carbocycles. The second-order valence-electron chi connectivity index (χ2n) is 9.35. The Morgan fingerprint density at radius 2 is 1.70 bits per heavy atom. The molecule has 0 saturated carbocycles. The molecule has 5 heteroatoms. The van der Waals surface area contributed by atoms with E-state index in [2.05, 4.69) is 69.7 Å². The lowest BCUT2D eigenvalue weighted by atomic mass is 9.97. The third-order valence-corrected chi connectivity index (χ3v) is 6.91. The highest BCUT2D eigenvalue weighted by Gasteiger charge is 2.24. The normalized spacial score (nSPS) is 16.4. The lowest BCUT2D eigenvalue weighted by Gasteiger charge is -2.28. The predicted octanol–water partition coefficient (Wildman–Crippen LogP) is 6.07. The van der Waals surface area contributed by atoms with Crippen LogP contribution >= 0.6 is 0 Å². The van der Waals surface area contributed by atoms with Crippen molar-refractivity contribution in [3.8, 4) is 17.3 Å². The molecule has 2 heterocycles. The second kappa shape index (κ2) is 12.4. The maximum Gasteiger partial charge on any atom is 0.241 e. The van der Waals surface area contributed by atoms with Gasteiger partial charge in [-0.2, -0.15) is 4.98 Å². The third-order valence-electron chi connectivity index (χ3n) is 6.91. The van der Waals surface area contributed by atoms with Gasteiger partial charge in [0.1, 0.15) is 5.69 Å². The lowest BCUT2D eigenvalue weighted by molar-refractivity contribution is 0.228. The maximum atomic E-state index is 6.49. The van der Waals surface area contributed by atoms with Gasteiger partial charge >= 0.3 is 0 Å². The molecule has 1 aromatic heterocycles. The van der Waals surface area contributed by atoms with Gasteiger partial charge in [-0.25, -0.2) is 4.98 Å². The topological polar surface area (TPSA) is 41.5 Å². The van der Waals surface area contributed by atoms with E-state index in [1.165, 1.54) is 36.1 Å². The van der Waals surface area contributed by atoms with Crippen LogP contribution in [0.2, 0.25) is 0 Å². The highest BCUT2D eigenvalue weighted by molar-refractivity contribution is 5.69. The molecule has 1 saturated heterocycles. The summed E-state index contributed by atoms with van der Waals surface area (Å²) in [7, 11) is 2.23. The van der Waals surface area contributed by atoms with Crippen LogP contribution in [-0.2, 0) is 12.8 Å². The molecule has 1 fully saturated rings. The van der Waals surface area contributed by atoms with Crippen LogP contribution in [0.15, 0.2) is 18.2 Å². The van der Waals surface area contributed by atoms with Gasteiger partial charge in [-0.05, 0) is 76.6 Å². The summed E-state index contributed by atoms with van der Waals surface area (Å²) in [5, 5.41) is 0. The molecule has 0 N–H and O–H groups in total. The van der Waals surface area contributed by atoms with Gasteiger partial charge in [0, 0.05) is 24.7 Å². The molecule has 33 heavy (non-hydrogen) atoms. The molecule has 0 bridgehead atoms. The zero-order valence-electron chi connectivity index (χ0n) is 21.8. The van der Waals surface area contributed by atoms with Gasteiger partial charge in [0.05, 0.1) is 12.3 Å². The fourth-order valence-electron chi connectivity index (χ4n) is 5.16. The van der Waals surface area contributed by atoms with E-state index in [0.29, 0.717) is 12.6 Å². The number of nitrogens with zero attached hydrogens (tertiary/aromatic N) is 4. The minimum absolute atomic E-state index is 0.616. The minimum atomic E-state index is 0.616. The number of ether oxygens (including phenoxy) is 1. The Bertz CT molecular complexity index is 869. The fourth-order valence-corrected chi connectivity index (χ4v) is 5.16. The van der Waals surface area contributed by atoms with Crippen molar-refractivity contribution in [2.75, 3.05) is 38.2 Å². The van der Waals surface area contributed by atoms with Crippen molar-refractivity contribution in [3.63, 3.8) is 0 Å². The number of hydrogen-bond acceptors (Lipinski definition) is 5. The van der Waals surface area contributed by atoms with Gasteiger partial charge in [-0.3, -0.25) is 0 Å². The first-order valence-corrected chi connectivity index (χ1v) is 13.1. The summed E-state index contributed by atoms with van der Waals surface area (Å²) in [6.07, 6.45) is 7.71. The summed E-state index contributed by atoms with van der Waals surface area (Å²) in [6, 6.07) is 7.18. The second-order valence-corrected chi connectivity index (χ2v) is 9.35. The largest absolute Gasteiger partial charge is 0.476 e. The van der Waals surface area contributed by atoms with Crippen LogP contribution in [0.1, 0.15) is 76.6 Å². The van der Waals surface area contributed by atoms with Crippen molar-refractivity contribution in [1.82, 2.24) is 14.9 Å². The van der Waals surface area contributed by atoms with E-state index in [0.717, 1.165) is 68.3 Å². The number of likely N-dealkylation sites (tertiary alicyclic amines) is 1. The van der Waals surface area contributed by atoms with Gasteiger partial charge in [-0.15, -0.1) is 0 Å². The Balaban J connectivity index is 2.02. The zero-order valence-corrected chi connectivity index (χ0v) is 21.8. The predicted molar refractivity (Wildman–Crippen MR) is 140 cm³/mol. The third kappa shape index (κ3) is 6.06. The van der Waals surface area contributed by atoms with E-state index in [-0.39, 0.29) is 0 Å². The van der Waals surface area contributed by atoms with E-state index in [9.17, 15) is 0 Å². The summed E-state index contributed by atoms with van der Waals surface area (Å²) < 4.78 is 6.49. The Labute approximate surface area is 201 Å². The first kappa shape index (κ1) is 25.5. The summed E-state index contributed by atoms with van der Waals surface area (Å²) in [5.74, 6) is 1.57. The smallest absolute Gasteiger partial charge is 0.241 e. The molecule has 0 spiro atoms. The molecule has 1 aliphatic rings. The van der Waals surface area contributed by atoms with Crippen LogP contribution in [0.5, 0.6) is 5.88 Å². The van der Waals surface area contributed by atoms with Gasteiger partial charge in [0.25, 0.3) is 0 Å². The first-order chi connectivity index (χ1) is 16.0. The summed E-state index contributed by atoms with van der Waals surface area (Å²) >= 11 is 0. The number of hydrogen-bond donors (Lipinski definition) is 0. The molecule has 3 rings (SSSR count). The summed E-state index contributed by atoms with van der Waals surface area (Å²) in [5.41, 5.74) is 5.89. The number of aryl methyl sites for hydroxylation is 3. The molecule has 5 nitrogen and oxygen atoms in total. The van der Waals surface area contributed by atoms with E-state index in [1.807, 2.05) is 0 Å². The number of aromatic nitrogens is 2. The molecule has 0 amide bonds. The molecule has 182 valence electrons. The Morgan fingerprint density at radius 1 is 1.03 bits per heavy atom. The first-order valence-electron chi connectivity index (χ1n) is 13.1. The minimum Gasteiger partial charge on any atom is -0.476 e.